The number of hydrogen-bond donors (Lipinski definition) is 1. The van der Waals surface area contributed by atoms with Crippen LogP contribution in [-0.2, 0) is 17.6 Å². The van der Waals surface area contributed by atoms with Gasteiger partial charge >= 0.3 is 0 Å². The fraction of sp³-hybridized carbons (Fsp3) is 0.500. The van der Waals surface area contributed by atoms with E-state index in [0.717, 1.165) is 41.9 Å². The van der Waals surface area contributed by atoms with E-state index in [-0.39, 0.29) is 5.91 Å². The number of nitrogens with one attached hydrogen (secondary N) is 1. The molecule has 6 nitrogen and oxygen atoms in total. The quantitative estimate of drug-likeness (QED) is 0.421. The van der Waals surface area contributed by atoms with Gasteiger partial charge in [0.25, 0.3) is 0 Å². The molecule has 2 rings (SSSR count). The molecule has 0 saturated carbocycles. The maximum absolute atomic E-state index is 12.4. The standard InChI is InChI=1S/C26H37NO5/c1-5-15-31-23-11-9-20(17-25(23)32-16-6-2)13-14-27-26(28)19-21-10-12-22(29-7-3)24(18-21)30-8-4/h9-12,17-18H,5-8,13-16,19H2,1-4H3,(H,27,28). The Kier molecular flexibility index (Phi) is 11.3. The third kappa shape index (κ3) is 8.33. The molecular formula is C26H37NO5. The fourth-order valence-corrected chi connectivity index (χ4v) is 3.16. The highest BCUT2D eigenvalue weighted by molar-refractivity contribution is 5.78. The predicted octanol–water partition coefficient (Wildman–Crippen LogP) is 4.96. The van der Waals surface area contributed by atoms with Crippen molar-refractivity contribution in [1.29, 1.82) is 0 Å². The lowest BCUT2D eigenvalue weighted by Crippen LogP contribution is -2.27. The van der Waals surface area contributed by atoms with Crippen LogP contribution < -0.4 is 24.3 Å². The Bertz CT molecular complexity index is 837. The second-order valence-electron chi connectivity index (χ2n) is 7.40. The zero-order chi connectivity index (χ0) is 23.2. The minimum absolute atomic E-state index is 0.0260. The summed E-state index contributed by atoms with van der Waals surface area (Å²) in [5, 5.41) is 3.00. The van der Waals surface area contributed by atoms with Crippen molar-refractivity contribution < 1.29 is 23.7 Å². The Balaban J connectivity index is 1.91. The maximum atomic E-state index is 12.4. The molecule has 0 heterocycles. The largest absolute Gasteiger partial charge is 0.490 e. The van der Waals surface area contributed by atoms with Gasteiger partial charge in [0.2, 0.25) is 5.91 Å². The molecule has 0 atom stereocenters. The zero-order valence-corrected chi connectivity index (χ0v) is 19.9. The summed E-state index contributed by atoms with van der Waals surface area (Å²) >= 11 is 0. The molecule has 176 valence electrons. The average Bonchev–Trinajstić information content (AvgIpc) is 2.79. The van der Waals surface area contributed by atoms with Gasteiger partial charge in [-0.3, -0.25) is 4.79 Å². The molecular weight excluding hydrogens is 406 g/mol. The topological polar surface area (TPSA) is 66.0 Å². The monoisotopic (exact) mass is 443 g/mol. The molecule has 0 fully saturated rings. The first kappa shape index (κ1) is 25.4. The highest BCUT2D eigenvalue weighted by Crippen LogP contribution is 2.30. The summed E-state index contributed by atoms with van der Waals surface area (Å²) in [6.07, 6.45) is 2.89. The van der Waals surface area contributed by atoms with E-state index in [0.29, 0.717) is 50.9 Å². The molecule has 0 bridgehead atoms. The van der Waals surface area contributed by atoms with Crippen molar-refractivity contribution >= 4 is 5.91 Å². The highest BCUT2D eigenvalue weighted by atomic mass is 16.5. The van der Waals surface area contributed by atoms with Crippen LogP contribution in [0, 0.1) is 0 Å². The van der Waals surface area contributed by atoms with Gasteiger partial charge in [0.1, 0.15) is 0 Å². The molecule has 0 aliphatic carbocycles. The second-order valence-corrected chi connectivity index (χ2v) is 7.40. The lowest BCUT2D eigenvalue weighted by molar-refractivity contribution is -0.120. The Morgan fingerprint density at radius 2 is 1.25 bits per heavy atom. The molecule has 0 unspecified atom stereocenters. The van der Waals surface area contributed by atoms with Gasteiger partial charge in [-0.15, -0.1) is 0 Å². The molecule has 6 heteroatoms. The minimum atomic E-state index is -0.0260. The first-order chi connectivity index (χ1) is 15.6. The zero-order valence-electron chi connectivity index (χ0n) is 19.9. The third-order valence-corrected chi connectivity index (χ3v) is 4.64. The normalized spacial score (nSPS) is 10.5. The van der Waals surface area contributed by atoms with Gasteiger partial charge in [-0.25, -0.2) is 0 Å². The maximum Gasteiger partial charge on any atom is 0.224 e. The lowest BCUT2D eigenvalue weighted by atomic mass is 10.1. The summed E-state index contributed by atoms with van der Waals surface area (Å²) in [5.74, 6) is 2.88. The summed E-state index contributed by atoms with van der Waals surface area (Å²) in [5.41, 5.74) is 1.99. The van der Waals surface area contributed by atoms with Crippen LogP contribution in [0.1, 0.15) is 51.7 Å². The Morgan fingerprint density at radius 1 is 0.719 bits per heavy atom. The van der Waals surface area contributed by atoms with Crippen molar-refractivity contribution in [3.05, 3.63) is 47.5 Å². The van der Waals surface area contributed by atoms with E-state index in [4.69, 9.17) is 18.9 Å². The van der Waals surface area contributed by atoms with Crippen molar-refractivity contribution in [2.75, 3.05) is 33.0 Å². The molecule has 2 aromatic rings. The van der Waals surface area contributed by atoms with Crippen LogP contribution in [0.5, 0.6) is 23.0 Å². The summed E-state index contributed by atoms with van der Waals surface area (Å²) < 4.78 is 22.9. The summed E-state index contributed by atoms with van der Waals surface area (Å²) in [7, 11) is 0. The summed E-state index contributed by atoms with van der Waals surface area (Å²) in [4.78, 5) is 12.4. The number of carbonyl (C=O) groups is 1. The van der Waals surface area contributed by atoms with Crippen molar-refractivity contribution in [2.45, 2.75) is 53.4 Å². The van der Waals surface area contributed by atoms with Crippen LogP contribution in [0.4, 0.5) is 0 Å². The molecule has 0 saturated heterocycles. The number of hydrogen-bond acceptors (Lipinski definition) is 5. The van der Waals surface area contributed by atoms with Crippen molar-refractivity contribution in [3.63, 3.8) is 0 Å². The number of amides is 1. The van der Waals surface area contributed by atoms with E-state index in [1.54, 1.807) is 0 Å². The predicted molar refractivity (Wildman–Crippen MR) is 127 cm³/mol. The molecule has 0 aliphatic heterocycles. The van der Waals surface area contributed by atoms with E-state index in [9.17, 15) is 4.79 Å². The Labute approximate surface area is 192 Å². The Hall–Kier alpha value is -2.89. The van der Waals surface area contributed by atoms with E-state index < -0.39 is 0 Å². The lowest BCUT2D eigenvalue weighted by Gasteiger charge is -2.14. The van der Waals surface area contributed by atoms with Crippen LogP contribution in [-0.4, -0.2) is 38.9 Å². The first-order valence-electron chi connectivity index (χ1n) is 11.6. The third-order valence-electron chi connectivity index (χ3n) is 4.64. The second kappa shape index (κ2) is 14.2. The number of carbonyl (C=O) groups excluding carboxylic acids is 1. The summed E-state index contributed by atoms with van der Waals surface area (Å²) in [6, 6.07) is 11.6. The van der Waals surface area contributed by atoms with Gasteiger partial charge in [0.15, 0.2) is 23.0 Å². The molecule has 2 aromatic carbocycles. The molecule has 0 spiro atoms. The van der Waals surface area contributed by atoms with Crippen molar-refractivity contribution in [1.82, 2.24) is 5.32 Å². The van der Waals surface area contributed by atoms with Crippen molar-refractivity contribution in [3.8, 4) is 23.0 Å². The van der Waals surface area contributed by atoms with Crippen LogP contribution >= 0.6 is 0 Å². The SMILES string of the molecule is CCCOc1ccc(CCNC(=O)Cc2ccc(OCC)c(OCC)c2)cc1OCCC. The van der Waals surface area contributed by atoms with Gasteiger partial charge in [-0.2, -0.15) is 0 Å². The fourth-order valence-electron chi connectivity index (χ4n) is 3.16. The van der Waals surface area contributed by atoms with Crippen molar-refractivity contribution in [2.24, 2.45) is 0 Å². The molecule has 0 aliphatic rings. The average molecular weight is 444 g/mol. The molecule has 32 heavy (non-hydrogen) atoms. The smallest absolute Gasteiger partial charge is 0.224 e. The van der Waals surface area contributed by atoms with Crippen LogP contribution in [0.2, 0.25) is 0 Å². The van der Waals surface area contributed by atoms with Crippen LogP contribution in [0.3, 0.4) is 0 Å². The van der Waals surface area contributed by atoms with Gasteiger partial charge in [-0.1, -0.05) is 26.0 Å². The minimum Gasteiger partial charge on any atom is -0.490 e. The Morgan fingerprint density at radius 3 is 1.91 bits per heavy atom. The number of ether oxygens (including phenoxy) is 4. The van der Waals surface area contributed by atoms with E-state index in [1.165, 1.54) is 0 Å². The highest BCUT2D eigenvalue weighted by Gasteiger charge is 2.10. The summed E-state index contributed by atoms with van der Waals surface area (Å²) in [6.45, 7) is 11.0. The molecule has 1 amide bonds. The van der Waals surface area contributed by atoms with Gasteiger partial charge in [0.05, 0.1) is 32.8 Å². The van der Waals surface area contributed by atoms with E-state index in [1.807, 2.05) is 50.2 Å². The van der Waals surface area contributed by atoms with Gasteiger partial charge < -0.3 is 24.3 Å². The number of benzene rings is 2. The molecule has 0 aromatic heterocycles. The molecule has 0 radical (unpaired) electrons. The number of rotatable bonds is 15. The van der Waals surface area contributed by atoms with E-state index >= 15 is 0 Å². The molecule has 1 N–H and O–H groups in total. The van der Waals surface area contributed by atoms with Crippen LogP contribution in [0.25, 0.3) is 0 Å². The van der Waals surface area contributed by atoms with E-state index in [2.05, 4.69) is 19.2 Å². The van der Waals surface area contributed by atoms with Crippen LogP contribution in [0.15, 0.2) is 36.4 Å². The van der Waals surface area contributed by atoms with Gasteiger partial charge in [0, 0.05) is 6.54 Å². The first-order valence-corrected chi connectivity index (χ1v) is 11.6. The van der Waals surface area contributed by atoms with Gasteiger partial charge in [-0.05, 0) is 68.5 Å².